The Hall–Kier alpha value is -0.860. The van der Waals surface area contributed by atoms with E-state index >= 15 is 0 Å². The maximum Gasteiger partial charge on any atom is 0.0587 e. The van der Waals surface area contributed by atoms with Gasteiger partial charge in [0.25, 0.3) is 0 Å². The minimum Gasteiger partial charge on any atom is -0.383 e. The lowest BCUT2D eigenvalue weighted by atomic mass is 9.81. The average molecular weight is 235 g/mol. The van der Waals surface area contributed by atoms with E-state index in [1.807, 2.05) is 0 Å². The highest BCUT2D eigenvalue weighted by Crippen LogP contribution is 2.25. The molecule has 96 valence electrons. The zero-order chi connectivity index (χ0) is 12.6. The van der Waals surface area contributed by atoms with Crippen LogP contribution >= 0.6 is 0 Å². The van der Waals surface area contributed by atoms with Gasteiger partial charge in [-0.1, -0.05) is 44.2 Å². The molecule has 2 heteroatoms. The van der Waals surface area contributed by atoms with Gasteiger partial charge in [0.05, 0.1) is 6.61 Å². The van der Waals surface area contributed by atoms with E-state index in [1.165, 1.54) is 12.0 Å². The van der Waals surface area contributed by atoms with E-state index in [1.54, 1.807) is 7.11 Å². The summed E-state index contributed by atoms with van der Waals surface area (Å²) in [5.41, 5.74) is 1.75. The zero-order valence-electron chi connectivity index (χ0n) is 11.3. The number of hydrogen-bond donors (Lipinski definition) is 1. The van der Waals surface area contributed by atoms with Crippen LogP contribution in [0.1, 0.15) is 25.8 Å². The Morgan fingerprint density at radius 1 is 1.24 bits per heavy atom. The maximum atomic E-state index is 5.05. The summed E-state index contributed by atoms with van der Waals surface area (Å²) >= 11 is 0. The molecule has 0 saturated carbocycles. The van der Waals surface area contributed by atoms with Crippen LogP contribution in [0.5, 0.6) is 0 Å². The number of benzene rings is 1. The Balaban J connectivity index is 2.45. The summed E-state index contributed by atoms with van der Waals surface area (Å²) in [6.45, 7) is 7.37. The number of ether oxygens (including phenoxy) is 1. The molecule has 0 saturated heterocycles. The molecular weight excluding hydrogens is 210 g/mol. The standard InChI is InChI=1S/C15H25NO/c1-4-15(2,13-16-10-11-17-3)12-14-8-6-5-7-9-14/h5-9,16H,4,10-13H2,1-3H3. The van der Waals surface area contributed by atoms with Crippen LogP contribution in [0.2, 0.25) is 0 Å². The first-order chi connectivity index (χ1) is 8.20. The van der Waals surface area contributed by atoms with Crippen molar-refractivity contribution < 1.29 is 4.74 Å². The molecule has 0 amide bonds. The second kappa shape index (κ2) is 7.46. The lowest BCUT2D eigenvalue weighted by Gasteiger charge is -2.29. The molecule has 2 nitrogen and oxygen atoms in total. The average Bonchev–Trinajstić information content (AvgIpc) is 2.36. The van der Waals surface area contributed by atoms with E-state index in [0.29, 0.717) is 5.41 Å². The molecule has 0 spiro atoms. The van der Waals surface area contributed by atoms with E-state index in [2.05, 4.69) is 49.5 Å². The van der Waals surface area contributed by atoms with Gasteiger partial charge in [-0.25, -0.2) is 0 Å². The van der Waals surface area contributed by atoms with E-state index in [4.69, 9.17) is 4.74 Å². The highest BCUT2D eigenvalue weighted by Gasteiger charge is 2.21. The molecule has 0 aliphatic heterocycles. The highest BCUT2D eigenvalue weighted by molar-refractivity contribution is 5.16. The van der Waals surface area contributed by atoms with E-state index in [0.717, 1.165) is 26.1 Å². The molecule has 1 unspecified atom stereocenters. The van der Waals surface area contributed by atoms with Gasteiger partial charge in [0, 0.05) is 20.2 Å². The second-order valence-electron chi connectivity index (χ2n) is 5.00. The smallest absolute Gasteiger partial charge is 0.0587 e. The van der Waals surface area contributed by atoms with Crippen molar-refractivity contribution in [2.45, 2.75) is 26.7 Å². The van der Waals surface area contributed by atoms with Crippen molar-refractivity contribution >= 4 is 0 Å². The molecule has 0 radical (unpaired) electrons. The Morgan fingerprint density at radius 3 is 2.53 bits per heavy atom. The van der Waals surface area contributed by atoms with Crippen LogP contribution in [0.4, 0.5) is 0 Å². The maximum absolute atomic E-state index is 5.05. The molecule has 1 atom stereocenters. The number of hydrogen-bond acceptors (Lipinski definition) is 2. The van der Waals surface area contributed by atoms with Crippen molar-refractivity contribution in [3.63, 3.8) is 0 Å². The Kier molecular flexibility index (Phi) is 6.23. The monoisotopic (exact) mass is 235 g/mol. The second-order valence-corrected chi connectivity index (χ2v) is 5.00. The van der Waals surface area contributed by atoms with Crippen LogP contribution < -0.4 is 5.32 Å². The van der Waals surface area contributed by atoms with Crippen LogP contribution in [-0.4, -0.2) is 26.8 Å². The third-order valence-corrected chi connectivity index (χ3v) is 3.36. The summed E-state index contributed by atoms with van der Waals surface area (Å²) in [4.78, 5) is 0. The normalized spacial score (nSPS) is 14.5. The first-order valence-electron chi connectivity index (χ1n) is 6.44. The van der Waals surface area contributed by atoms with Crippen molar-refractivity contribution in [3.8, 4) is 0 Å². The van der Waals surface area contributed by atoms with Gasteiger partial charge in [-0.3, -0.25) is 0 Å². The lowest BCUT2D eigenvalue weighted by Crippen LogP contribution is -2.34. The molecule has 1 aromatic carbocycles. The largest absolute Gasteiger partial charge is 0.383 e. The first kappa shape index (κ1) is 14.2. The van der Waals surface area contributed by atoms with Gasteiger partial charge in [0.2, 0.25) is 0 Å². The molecule has 0 bridgehead atoms. The Bertz CT molecular complexity index is 299. The zero-order valence-corrected chi connectivity index (χ0v) is 11.3. The quantitative estimate of drug-likeness (QED) is 0.700. The predicted octanol–water partition coefficient (Wildman–Crippen LogP) is 2.88. The third-order valence-electron chi connectivity index (χ3n) is 3.36. The van der Waals surface area contributed by atoms with Gasteiger partial charge >= 0.3 is 0 Å². The van der Waals surface area contributed by atoms with Crippen LogP contribution in [0, 0.1) is 5.41 Å². The highest BCUT2D eigenvalue weighted by atomic mass is 16.5. The third kappa shape index (κ3) is 5.33. The van der Waals surface area contributed by atoms with E-state index < -0.39 is 0 Å². The molecule has 1 rings (SSSR count). The first-order valence-corrected chi connectivity index (χ1v) is 6.44. The number of nitrogens with one attached hydrogen (secondary N) is 1. The Morgan fingerprint density at radius 2 is 1.94 bits per heavy atom. The molecule has 17 heavy (non-hydrogen) atoms. The molecule has 0 aliphatic carbocycles. The van der Waals surface area contributed by atoms with Crippen molar-refractivity contribution in [2.75, 3.05) is 26.8 Å². The summed E-state index contributed by atoms with van der Waals surface area (Å²) in [5.74, 6) is 0. The SMILES string of the molecule is CCC(C)(CNCCOC)Cc1ccccc1. The fraction of sp³-hybridized carbons (Fsp3) is 0.600. The van der Waals surface area contributed by atoms with Gasteiger partial charge in [0.1, 0.15) is 0 Å². The molecule has 0 aliphatic rings. The Labute approximate surface area is 105 Å². The number of rotatable bonds is 8. The molecular formula is C15H25NO. The van der Waals surface area contributed by atoms with Gasteiger partial charge in [-0.2, -0.15) is 0 Å². The van der Waals surface area contributed by atoms with Crippen LogP contribution in [0.3, 0.4) is 0 Å². The molecule has 1 aromatic rings. The predicted molar refractivity (Wildman–Crippen MR) is 73.3 cm³/mol. The summed E-state index contributed by atoms with van der Waals surface area (Å²) in [7, 11) is 1.74. The fourth-order valence-electron chi connectivity index (χ4n) is 1.97. The summed E-state index contributed by atoms with van der Waals surface area (Å²) in [6.07, 6.45) is 2.31. The van der Waals surface area contributed by atoms with Crippen LogP contribution in [0.25, 0.3) is 0 Å². The molecule has 1 N–H and O–H groups in total. The van der Waals surface area contributed by atoms with Gasteiger partial charge in [0.15, 0.2) is 0 Å². The van der Waals surface area contributed by atoms with Gasteiger partial charge < -0.3 is 10.1 Å². The fourth-order valence-corrected chi connectivity index (χ4v) is 1.97. The van der Waals surface area contributed by atoms with Crippen molar-refractivity contribution in [2.24, 2.45) is 5.41 Å². The van der Waals surface area contributed by atoms with E-state index in [9.17, 15) is 0 Å². The summed E-state index contributed by atoms with van der Waals surface area (Å²) in [6, 6.07) is 10.7. The van der Waals surface area contributed by atoms with Gasteiger partial charge in [-0.15, -0.1) is 0 Å². The van der Waals surface area contributed by atoms with Crippen LogP contribution in [-0.2, 0) is 11.2 Å². The minimum atomic E-state index is 0.328. The number of methoxy groups -OCH3 is 1. The van der Waals surface area contributed by atoms with Crippen LogP contribution in [0.15, 0.2) is 30.3 Å². The summed E-state index contributed by atoms with van der Waals surface area (Å²) in [5, 5.41) is 3.47. The lowest BCUT2D eigenvalue weighted by molar-refractivity contribution is 0.191. The summed E-state index contributed by atoms with van der Waals surface area (Å²) < 4.78 is 5.05. The van der Waals surface area contributed by atoms with Crippen molar-refractivity contribution in [1.29, 1.82) is 0 Å². The topological polar surface area (TPSA) is 21.3 Å². The minimum absolute atomic E-state index is 0.328. The molecule has 0 aromatic heterocycles. The van der Waals surface area contributed by atoms with Gasteiger partial charge in [-0.05, 0) is 23.8 Å². The molecule has 0 fully saturated rings. The molecule has 0 heterocycles. The van der Waals surface area contributed by atoms with Crippen molar-refractivity contribution in [1.82, 2.24) is 5.32 Å². The van der Waals surface area contributed by atoms with E-state index in [-0.39, 0.29) is 0 Å². The van der Waals surface area contributed by atoms with Crippen molar-refractivity contribution in [3.05, 3.63) is 35.9 Å².